The molecule has 1 saturated heterocycles. The molecule has 0 spiro atoms. The number of nitro groups is 1. The fourth-order valence-corrected chi connectivity index (χ4v) is 4.80. The van der Waals surface area contributed by atoms with E-state index in [0.717, 1.165) is 23.3 Å². The Bertz CT molecular complexity index is 1150. The van der Waals surface area contributed by atoms with Crippen LogP contribution >= 0.6 is 11.3 Å². The molecular weight excluding hydrogens is 466 g/mol. The first-order valence-electron chi connectivity index (χ1n) is 11.5. The summed E-state index contributed by atoms with van der Waals surface area (Å²) < 4.78 is 5.73. The molecule has 2 aromatic carbocycles. The van der Waals surface area contributed by atoms with Gasteiger partial charge in [0.2, 0.25) is 5.91 Å². The summed E-state index contributed by atoms with van der Waals surface area (Å²) in [5.74, 6) is -0.618. The van der Waals surface area contributed by atoms with Crippen LogP contribution in [-0.2, 0) is 22.6 Å². The number of carbonyl (C=O) groups is 2. The second kappa shape index (κ2) is 11.7. The molecule has 0 saturated carbocycles. The van der Waals surface area contributed by atoms with Crippen LogP contribution in [0.3, 0.4) is 0 Å². The van der Waals surface area contributed by atoms with Crippen LogP contribution in [0.5, 0.6) is 0 Å². The van der Waals surface area contributed by atoms with Crippen LogP contribution in [-0.4, -0.2) is 52.3 Å². The third-order valence-electron chi connectivity index (χ3n) is 5.86. The molecular formula is C26H27N3O5S. The molecule has 9 heteroatoms. The van der Waals surface area contributed by atoms with Crippen LogP contribution in [0.1, 0.15) is 33.6 Å². The van der Waals surface area contributed by atoms with Crippen molar-refractivity contribution in [1.82, 2.24) is 9.80 Å². The summed E-state index contributed by atoms with van der Waals surface area (Å²) in [5, 5.41) is 13.2. The number of amides is 2. The zero-order valence-electron chi connectivity index (χ0n) is 19.2. The summed E-state index contributed by atoms with van der Waals surface area (Å²) in [6.45, 7) is 1.58. The predicted molar refractivity (Wildman–Crippen MR) is 133 cm³/mol. The number of nitrogens with zero attached hydrogens (tertiary/aromatic N) is 3. The Morgan fingerprint density at radius 2 is 1.86 bits per heavy atom. The first-order valence-corrected chi connectivity index (χ1v) is 12.4. The molecule has 3 aromatic rings. The summed E-state index contributed by atoms with van der Waals surface area (Å²) in [4.78, 5) is 41.9. The number of thiophene rings is 1. The summed E-state index contributed by atoms with van der Waals surface area (Å²) in [6.07, 6.45) is 1.54. The normalized spacial score (nSPS) is 15.0. The Labute approximate surface area is 207 Å². The lowest BCUT2D eigenvalue weighted by Gasteiger charge is -2.29. The van der Waals surface area contributed by atoms with Crippen LogP contribution in [0.4, 0.5) is 5.69 Å². The monoisotopic (exact) mass is 493 g/mol. The van der Waals surface area contributed by atoms with Gasteiger partial charge in [0.25, 0.3) is 11.6 Å². The van der Waals surface area contributed by atoms with E-state index in [1.807, 2.05) is 47.8 Å². The maximum atomic E-state index is 13.6. The van der Waals surface area contributed by atoms with Gasteiger partial charge in [-0.15, -0.1) is 11.3 Å². The van der Waals surface area contributed by atoms with Gasteiger partial charge in [-0.3, -0.25) is 19.7 Å². The van der Waals surface area contributed by atoms with E-state index in [2.05, 4.69) is 0 Å². The van der Waals surface area contributed by atoms with Gasteiger partial charge < -0.3 is 14.5 Å². The standard InChI is InChI=1S/C26H27N3O5S/c30-25(27(18-24-12-6-14-35-24)16-20-7-2-1-3-8-20)19-28(17-23-11-5-13-34-23)26(31)21-9-4-10-22(15-21)29(32)33/h1-4,6-10,12,14-15,23H,5,11,13,16-19H2. The maximum Gasteiger partial charge on any atom is 0.270 e. The van der Waals surface area contributed by atoms with Crippen molar-refractivity contribution in [2.24, 2.45) is 0 Å². The molecule has 0 radical (unpaired) electrons. The minimum absolute atomic E-state index is 0.139. The van der Waals surface area contributed by atoms with Crippen LogP contribution in [0, 0.1) is 10.1 Å². The van der Waals surface area contributed by atoms with E-state index in [4.69, 9.17) is 4.74 Å². The van der Waals surface area contributed by atoms with Gasteiger partial charge in [0.05, 0.1) is 17.6 Å². The van der Waals surface area contributed by atoms with Gasteiger partial charge in [0, 0.05) is 42.3 Å². The average molecular weight is 494 g/mol. The summed E-state index contributed by atoms with van der Waals surface area (Å²) >= 11 is 1.57. The Hall–Kier alpha value is -3.56. The number of ether oxygens (including phenoxy) is 1. The molecule has 4 rings (SSSR count). The van der Waals surface area contributed by atoms with Gasteiger partial charge in [-0.25, -0.2) is 0 Å². The van der Waals surface area contributed by atoms with Crippen molar-refractivity contribution >= 4 is 28.8 Å². The number of non-ortho nitro benzene ring substituents is 1. The van der Waals surface area contributed by atoms with Gasteiger partial charge in [-0.1, -0.05) is 42.5 Å². The lowest BCUT2D eigenvalue weighted by atomic mass is 10.1. The summed E-state index contributed by atoms with van der Waals surface area (Å²) in [5.41, 5.74) is 1.01. The van der Waals surface area contributed by atoms with E-state index in [-0.39, 0.29) is 36.4 Å². The second-order valence-corrected chi connectivity index (χ2v) is 9.48. The topological polar surface area (TPSA) is 93.0 Å². The van der Waals surface area contributed by atoms with E-state index in [0.29, 0.717) is 19.7 Å². The van der Waals surface area contributed by atoms with Gasteiger partial charge in [-0.05, 0) is 35.9 Å². The average Bonchev–Trinajstić information content (AvgIpc) is 3.58. The fourth-order valence-electron chi connectivity index (χ4n) is 4.08. The molecule has 0 bridgehead atoms. The highest BCUT2D eigenvalue weighted by Gasteiger charge is 2.28. The minimum Gasteiger partial charge on any atom is -0.376 e. The molecule has 1 fully saturated rings. The number of rotatable bonds is 10. The highest BCUT2D eigenvalue weighted by Crippen LogP contribution is 2.20. The van der Waals surface area contributed by atoms with E-state index in [1.54, 1.807) is 16.2 Å². The highest BCUT2D eigenvalue weighted by atomic mass is 32.1. The fraction of sp³-hybridized carbons (Fsp3) is 0.308. The third kappa shape index (κ3) is 6.74. The van der Waals surface area contributed by atoms with Crippen LogP contribution in [0.25, 0.3) is 0 Å². The predicted octanol–water partition coefficient (Wildman–Crippen LogP) is 4.51. The first-order chi connectivity index (χ1) is 17.0. The van der Waals surface area contributed by atoms with E-state index in [1.165, 1.54) is 29.2 Å². The number of hydrogen-bond donors (Lipinski definition) is 0. The quantitative estimate of drug-likeness (QED) is 0.306. The maximum absolute atomic E-state index is 13.6. The van der Waals surface area contributed by atoms with Gasteiger partial charge >= 0.3 is 0 Å². The van der Waals surface area contributed by atoms with Crippen molar-refractivity contribution in [1.29, 1.82) is 0 Å². The van der Waals surface area contributed by atoms with Crippen molar-refractivity contribution in [2.75, 3.05) is 19.7 Å². The Morgan fingerprint density at radius 1 is 1.03 bits per heavy atom. The molecule has 1 aliphatic heterocycles. The van der Waals surface area contributed by atoms with Gasteiger partial charge in [0.15, 0.2) is 0 Å². The van der Waals surface area contributed by atoms with Crippen molar-refractivity contribution in [3.8, 4) is 0 Å². The largest absolute Gasteiger partial charge is 0.376 e. The summed E-state index contributed by atoms with van der Waals surface area (Å²) in [7, 11) is 0. The SMILES string of the molecule is O=C(CN(CC1CCCO1)C(=O)c1cccc([N+](=O)[O-])c1)N(Cc1ccccc1)Cc1cccs1. The van der Waals surface area contributed by atoms with E-state index < -0.39 is 10.8 Å². The zero-order chi connectivity index (χ0) is 24.6. The molecule has 182 valence electrons. The molecule has 0 N–H and O–H groups in total. The molecule has 1 unspecified atom stereocenters. The highest BCUT2D eigenvalue weighted by molar-refractivity contribution is 7.09. The number of nitro benzene ring substituents is 1. The van der Waals surface area contributed by atoms with E-state index in [9.17, 15) is 19.7 Å². The number of carbonyl (C=O) groups excluding carboxylic acids is 2. The van der Waals surface area contributed by atoms with Gasteiger partial charge in [0.1, 0.15) is 6.54 Å². The molecule has 1 aromatic heterocycles. The summed E-state index contributed by atoms with van der Waals surface area (Å²) in [6, 6.07) is 19.3. The molecule has 1 atom stereocenters. The Kier molecular flexibility index (Phi) is 8.23. The number of hydrogen-bond acceptors (Lipinski definition) is 6. The smallest absolute Gasteiger partial charge is 0.270 e. The Balaban J connectivity index is 1.56. The lowest BCUT2D eigenvalue weighted by molar-refractivity contribution is -0.384. The first kappa shape index (κ1) is 24.6. The van der Waals surface area contributed by atoms with Crippen LogP contribution in [0.15, 0.2) is 72.1 Å². The zero-order valence-corrected chi connectivity index (χ0v) is 20.1. The molecule has 2 amide bonds. The van der Waals surface area contributed by atoms with Crippen molar-refractivity contribution in [2.45, 2.75) is 32.0 Å². The molecule has 8 nitrogen and oxygen atoms in total. The minimum atomic E-state index is -0.533. The van der Waals surface area contributed by atoms with Crippen molar-refractivity contribution in [3.05, 3.63) is 98.2 Å². The molecule has 0 aliphatic carbocycles. The second-order valence-electron chi connectivity index (χ2n) is 8.44. The molecule has 2 heterocycles. The van der Waals surface area contributed by atoms with E-state index >= 15 is 0 Å². The third-order valence-corrected chi connectivity index (χ3v) is 6.72. The van der Waals surface area contributed by atoms with Crippen molar-refractivity contribution in [3.63, 3.8) is 0 Å². The molecule has 35 heavy (non-hydrogen) atoms. The van der Waals surface area contributed by atoms with Crippen LogP contribution in [0.2, 0.25) is 0 Å². The Morgan fingerprint density at radius 3 is 2.54 bits per heavy atom. The van der Waals surface area contributed by atoms with Gasteiger partial charge in [-0.2, -0.15) is 0 Å². The molecule has 1 aliphatic rings. The number of benzene rings is 2. The van der Waals surface area contributed by atoms with Crippen molar-refractivity contribution < 1.29 is 19.2 Å². The van der Waals surface area contributed by atoms with Crippen LogP contribution < -0.4 is 0 Å². The lowest BCUT2D eigenvalue weighted by Crippen LogP contribution is -2.45.